The number of nitrogens with zero attached hydrogens (tertiary/aromatic N) is 3. The number of fused-ring (bicyclic) bond motifs is 1. The maximum absolute atomic E-state index is 12.1. The van der Waals surface area contributed by atoms with Gasteiger partial charge in [-0.2, -0.15) is 0 Å². The SMILES string of the molecule is Cc1nnc2n1CCCC2NC(=O)NCC(C)(O)CCC(C)C. The van der Waals surface area contributed by atoms with Crippen LogP contribution < -0.4 is 10.6 Å². The van der Waals surface area contributed by atoms with Crippen LogP contribution in [-0.4, -0.2) is 38.0 Å². The molecule has 1 aromatic rings. The van der Waals surface area contributed by atoms with Gasteiger partial charge in [-0.25, -0.2) is 4.79 Å². The van der Waals surface area contributed by atoms with E-state index in [4.69, 9.17) is 0 Å². The van der Waals surface area contributed by atoms with E-state index in [0.29, 0.717) is 12.3 Å². The molecule has 2 unspecified atom stereocenters. The van der Waals surface area contributed by atoms with Crippen LogP contribution in [0.2, 0.25) is 0 Å². The Labute approximate surface area is 137 Å². The number of nitrogens with one attached hydrogen (secondary N) is 2. The molecule has 2 atom stereocenters. The molecule has 0 radical (unpaired) electrons. The average Bonchev–Trinajstić information content (AvgIpc) is 2.86. The van der Waals surface area contributed by atoms with Crippen LogP contribution in [0.3, 0.4) is 0 Å². The van der Waals surface area contributed by atoms with Gasteiger partial charge in [0.1, 0.15) is 5.82 Å². The predicted molar refractivity (Wildman–Crippen MR) is 88.0 cm³/mol. The van der Waals surface area contributed by atoms with Gasteiger partial charge >= 0.3 is 6.03 Å². The van der Waals surface area contributed by atoms with E-state index >= 15 is 0 Å². The monoisotopic (exact) mass is 323 g/mol. The molecule has 1 aliphatic heterocycles. The minimum Gasteiger partial charge on any atom is -0.388 e. The van der Waals surface area contributed by atoms with E-state index < -0.39 is 5.60 Å². The van der Waals surface area contributed by atoms with Gasteiger partial charge in [-0.15, -0.1) is 10.2 Å². The van der Waals surface area contributed by atoms with Crippen LogP contribution in [0.25, 0.3) is 0 Å². The van der Waals surface area contributed by atoms with Crippen LogP contribution in [0.15, 0.2) is 0 Å². The minimum absolute atomic E-state index is 0.120. The van der Waals surface area contributed by atoms with E-state index in [1.54, 1.807) is 6.92 Å². The fourth-order valence-corrected chi connectivity index (χ4v) is 2.82. The quantitative estimate of drug-likeness (QED) is 0.745. The summed E-state index contributed by atoms with van der Waals surface area (Å²) in [6.07, 6.45) is 3.45. The lowest BCUT2D eigenvalue weighted by Gasteiger charge is -2.27. The number of carbonyl (C=O) groups is 1. The molecule has 2 rings (SSSR count). The highest BCUT2D eigenvalue weighted by atomic mass is 16.3. The van der Waals surface area contributed by atoms with Gasteiger partial charge < -0.3 is 20.3 Å². The van der Waals surface area contributed by atoms with Gasteiger partial charge in [0.15, 0.2) is 5.82 Å². The Kier molecular flexibility index (Phi) is 5.62. The van der Waals surface area contributed by atoms with Gasteiger partial charge in [0.25, 0.3) is 0 Å². The molecule has 2 amide bonds. The molecule has 3 N–H and O–H groups in total. The van der Waals surface area contributed by atoms with Crippen LogP contribution in [0, 0.1) is 12.8 Å². The number of urea groups is 1. The van der Waals surface area contributed by atoms with Gasteiger partial charge in [-0.05, 0) is 45.4 Å². The van der Waals surface area contributed by atoms with E-state index in [1.807, 2.05) is 11.5 Å². The summed E-state index contributed by atoms with van der Waals surface area (Å²) in [4.78, 5) is 12.1. The summed E-state index contributed by atoms with van der Waals surface area (Å²) in [7, 11) is 0. The Hall–Kier alpha value is -1.63. The molecule has 7 nitrogen and oxygen atoms in total. The Morgan fingerprint density at radius 1 is 1.48 bits per heavy atom. The molecule has 0 saturated carbocycles. The van der Waals surface area contributed by atoms with Crippen molar-refractivity contribution in [3.63, 3.8) is 0 Å². The zero-order chi connectivity index (χ0) is 17.0. The van der Waals surface area contributed by atoms with Crippen molar-refractivity contribution in [2.75, 3.05) is 6.54 Å². The summed E-state index contributed by atoms with van der Waals surface area (Å²) in [6, 6.07) is -0.389. The highest BCUT2D eigenvalue weighted by molar-refractivity contribution is 5.74. The van der Waals surface area contributed by atoms with Crippen molar-refractivity contribution in [3.8, 4) is 0 Å². The highest BCUT2D eigenvalue weighted by Crippen LogP contribution is 2.23. The number of amides is 2. The summed E-state index contributed by atoms with van der Waals surface area (Å²) in [6.45, 7) is 9.07. The van der Waals surface area contributed by atoms with E-state index in [-0.39, 0.29) is 18.6 Å². The number of carbonyl (C=O) groups excluding carboxylic acids is 1. The second-order valence-corrected chi connectivity index (χ2v) is 7.21. The molecule has 2 heterocycles. The van der Waals surface area contributed by atoms with Gasteiger partial charge in [0.2, 0.25) is 0 Å². The normalized spacial score (nSPS) is 20.0. The highest BCUT2D eigenvalue weighted by Gasteiger charge is 2.26. The van der Waals surface area contributed by atoms with Crippen molar-refractivity contribution in [1.82, 2.24) is 25.4 Å². The Morgan fingerprint density at radius 3 is 2.91 bits per heavy atom. The Bertz CT molecular complexity index is 539. The molecule has 0 spiro atoms. The number of aryl methyl sites for hydroxylation is 1. The van der Waals surface area contributed by atoms with Crippen molar-refractivity contribution >= 4 is 6.03 Å². The first-order valence-electron chi connectivity index (χ1n) is 8.45. The summed E-state index contributed by atoms with van der Waals surface area (Å²) < 4.78 is 2.05. The molecule has 0 aromatic carbocycles. The maximum Gasteiger partial charge on any atom is 0.315 e. The van der Waals surface area contributed by atoms with Crippen LogP contribution in [0.5, 0.6) is 0 Å². The standard InChI is InChI=1S/C16H29N5O2/c1-11(2)7-8-16(4,23)10-17-15(22)18-13-6-5-9-21-12(3)19-20-14(13)21/h11,13,23H,5-10H2,1-4H3,(H2,17,18,22). The Balaban J connectivity index is 1.84. The molecule has 1 aliphatic rings. The van der Waals surface area contributed by atoms with Gasteiger partial charge in [0, 0.05) is 13.1 Å². The Morgan fingerprint density at radius 2 is 2.22 bits per heavy atom. The third kappa shape index (κ3) is 4.92. The van der Waals surface area contributed by atoms with E-state index in [2.05, 4.69) is 34.7 Å². The number of aliphatic hydroxyl groups is 1. The average molecular weight is 323 g/mol. The van der Waals surface area contributed by atoms with Crippen molar-refractivity contribution in [1.29, 1.82) is 0 Å². The molecule has 1 aromatic heterocycles. The molecule has 0 aliphatic carbocycles. The van der Waals surface area contributed by atoms with Crippen molar-refractivity contribution in [3.05, 3.63) is 11.6 Å². The van der Waals surface area contributed by atoms with Gasteiger partial charge in [-0.3, -0.25) is 0 Å². The zero-order valence-corrected chi connectivity index (χ0v) is 14.6. The minimum atomic E-state index is -0.884. The largest absolute Gasteiger partial charge is 0.388 e. The number of hydrogen-bond donors (Lipinski definition) is 3. The second kappa shape index (κ2) is 7.29. The van der Waals surface area contributed by atoms with E-state index in [9.17, 15) is 9.90 Å². The lowest BCUT2D eigenvalue weighted by atomic mass is 9.95. The maximum atomic E-state index is 12.1. The molecular formula is C16H29N5O2. The third-order valence-electron chi connectivity index (χ3n) is 4.35. The van der Waals surface area contributed by atoms with Crippen molar-refractivity contribution in [2.24, 2.45) is 5.92 Å². The fourth-order valence-electron chi connectivity index (χ4n) is 2.82. The zero-order valence-electron chi connectivity index (χ0n) is 14.6. The lowest BCUT2D eigenvalue weighted by molar-refractivity contribution is 0.0475. The van der Waals surface area contributed by atoms with E-state index in [1.165, 1.54) is 0 Å². The molecule has 130 valence electrons. The molecule has 0 bridgehead atoms. The smallest absolute Gasteiger partial charge is 0.315 e. The molecule has 0 fully saturated rings. The molecule has 23 heavy (non-hydrogen) atoms. The van der Waals surface area contributed by atoms with E-state index in [0.717, 1.165) is 37.5 Å². The number of rotatable bonds is 6. The summed E-state index contributed by atoms with van der Waals surface area (Å²) in [5, 5.41) is 24.3. The van der Waals surface area contributed by atoms with Gasteiger partial charge in [-0.1, -0.05) is 13.8 Å². The summed E-state index contributed by atoms with van der Waals surface area (Å²) >= 11 is 0. The van der Waals surface area contributed by atoms with Crippen LogP contribution in [0.4, 0.5) is 4.79 Å². The summed E-state index contributed by atoms with van der Waals surface area (Å²) in [5.74, 6) is 2.23. The summed E-state index contributed by atoms with van der Waals surface area (Å²) in [5.41, 5.74) is -0.884. The van der Waals surface area contributed by atoms with Gasteiger partial charge in [0.05, 0.1) is 11.6 Å². The van der Waals surface area contributed by atoms with Crippen molar-refractivity contribution in [2.45, 2.75) is 71.6 Å². The first kappa shape index (κ1) is 17.7. The number of aromatic nitrogens is 3. The fraction of sp³-hybridized carbons (Fsp3) is 0.812. The van der Waals surface area contributed by atoms with Crippen LogP contribution in [-0.2, 0) is 6.54 Å². The topological polar surface area (TPSA) is 92.1 Å². The van der Waals surface area contributed by atoms with Crippen molar-refractivity contribution < 1.29 is 9.90 Å². The van der Waals surface area contributed by atoms with Crippen LogP contribution in [0.1, 0.15) is 64.1 Å². The first-order valence-corrected chi connectivity index (χ1v) is 8.45. The first-order chi connectivity index (χ1) is 10.8. The predicted octanol–water partition coefficient (Wildman–Crippen LogP) is 1.91. The third-order valence-corrected chi connectivity index (χ3v) is 4.35. The molecular weight excluding hydrogens is 294 g/mol. The lowest BCUT2D eigenvalue weighted by Crippen LogP contribution is -2.46. The second-order valence-electron chi connectivity index (χ2n) is 7.21. The molecule has 0 saturated heterocycles. The van der Waals surface area contributed by atoms with Crippen LogP contribution >= 0.6 is 0 Å². The molecule has 7 heteroatoms. The number of hydrogen-bond acceptors (Lipinski definition) is 4.